The molecular weight excluding hydrogens is 244 g/mol. The van der Waals surface area contributed by atoms with Crippen LogP contribution in [0.4, 0.5) is 0 Å². The lowest BCUT2D eigenvalue weighted by Crippen LogP contribution is -2.53. The number of nitrogens with zero attached hydrogens (tertiary/aromatic N) is 3. The standard InChI is InChI=1S/C13H22N4O2/c1-9-7-14-5-6-17(9)12(18)8-19-13-10(2)15-16(4)11(13)3/h9,14H,5-8H2,1-4H3/t9-/m0/s1. The number of ether oxygens (including phenoxy) is 1. The molecule has 1 fully saturated rings. The molecule has 6 heteroatoms. The van der Waals surface area contributed by atoms with E-state index >= 15 is 0 Å². The maximum absolute atomic E-state index is 12.2. The fourth-order valence-corrected chi connectivity index (χ4v) is 2.39. The molecule has 1 N–H and O–H groups in total. The minimum absolute atomic E-state index is 0.0386. The SMILES string of the molecule is Cc1nn(C)c(C)c1OCC(=O)N1CCNC[C@@H]1C. The largest absolute Gasteiger partial charge is 0.480 e. The van der Waals surface area contributed by atoms with Gasteiger partial charge in [0.1, 0.15) is 5.69 Å². The molecule has 2 heterocycles. The predicted molar refractivity (Wildman–Crippen MR) is 72.2 cm³/mol. The Morgan fingerprint density at radius 2 is 2.26 bits per heavy atom. The fraction of sp³-hybridized carbons (Fsp3) is 0.692. The van der Waals surface area contributed by atoms with Gasteiger partial charge in [0, 0.05) is 32.7 Å². The topological polar surface area (TPSA) is 59.4 Å². The Balaban J connectivity index is 1.96. The van der Waals surface area contributed by atoms with Crippen molar-refractivity contribution in [1.82, 2.24) is 20.0 Å². The van der Waals surface area contributed by atoms with Gasteiger partial charge in [0.05, 0.1) is 5.69 Å². The zero-order chi connectivity index (χ0) is 14.0. The van der Waals surface area contributed by atoms with Crippen molar-refractivity contribution in [3.8, 4) is 5.75 Å². The molecule has 0 saturated carbocycles. The van der Waals surface area contributed by atoms with Gasteiger partial charge < -0.3 is 15.0 Å². The van der Waals surface area contributed by atoms with Gasteiger partial charge in [-0.2, -0.15) is 5.10 Å². The number of amides is 1. The van der Waals surface area contributed by atoms with E-state index in [1.54, 1.807) is 4.68 Å². The smallest absolute Gasteiger partial charge is 0.260 e. The summed E-state index contributed by atoms with van der Waals surface area (Å²) in [6.45, 7) is 8.39. The second kappa shape index (κ2) is 5.61. The molecule has 19 heavy (non-hydrogen) atoms. The van der Waals surface area contributed by atoms with E-state index in [2.05, 4.69) is 10.4 Å². The Morgan fingerprint density at radius 1 is 1.53 bits per heavy atom. The normalized spacial score (nSPS) is 19.6. The summed E-state index contributed by atoms with van der Waals surface area (Å²) in [5.41, 5.74) is 1.76. The van der Waals surface area contributed by atoms with E-state index < -0.39 is 0 Å². The number of piperazine rings is 1. The summed E-state index contributed by atoms with van der Waals surface area (Å²) in [4.78, 5) is 14.0. The van der Waals surface area contributed by atoms with E-state index in [0.29, 0.717) is 0 Å². The lowest BCUT2D eigenvalue weighted by Gasteiger charge is -2.33. The summed E-state index contributed by atoms with van der Waals surface area (Å²) in [6, 6.07) is 0.223. The molecule has 6 nitrogen and oxygen atoms in total. The molecule has 0 spiro atoms. The van der Waals surface area contributed by atoms with Crippen molar-refractivity contribution in [1.29, 1.82) is 0 Å². The van der Waals surface area contributed by atoms with Crippen LogP contribution in [0.3, 0.4) is 0 Å². The molecule has 0 radical (unpaired) electrons. The summed E-state index contributed by atoms with van der Waals surface area (Å²) in [5, 5.41) is 7.54. The van der Waals surface area contributed by atoms with Crippen LogP contribution in [-0.2, 0) is 11.8 Å². The number of aromatic nitrogens is 2. The quantitative estimate of drug-likeness (QED) is 0.851. The van der Waals surface area contributed by atoms with Crippen molar-refractivity contribution in [3.05, 3.63) is 11.4 Å². The van der Waals surface area contributed by atoms with Crippen LogP contribution in [0.5, 0.6) is 5.75 Å². The van der Waals surface area contributed by atoms with Crippen LogP contribution < -0.4 is 10.1 Å². The molecule has 0 aromatic carbocycles. The molecule has 0 unspecified atom stereocenters. The Labute approximate surface area is 113 Å². The van der Waals surface area contributed by atoms with E-state index in [-0.39, 0.29) is 18.6 Å². The molecule has 1 saturated heterocycles. The minimum Gasteiger partial charge on any atom is -0.480 e. The van der Waals surface area contributed by atoms with Gasteiger partial charge in [-0.15, -0.1) is 0 Å². The molecule has 1 aliphatic heterocycles. The number of hydrogen-bond acceptors (Lipinski definition) is 4. The van der Waals surface area contributed by atoms with Crippen LogP contribution in [-0.4, -0.2) is 52.9 Å². The zero-order valence-corrected chi connectivity index (χ0v) is 12.1. The average molecular weight is 266 g/mol. The van der Waals surface area contributed by atoms with Gasteiger partial charge in [-0.05, 0) is 20.8 Å². The van der Waals surface area contributed by atoms with Crippen molar-refractivity contribution >= 4 is 5.91 Å². The van der Waals surface area contributed by atoms with E-state index in [1.807, 2.05) is 32.7 Å². The molecular formula is C13H22N4O2. The van der Waals surface area contributed by atoms with Gasteiger partial charge in [-0.3, -0.25) is 9.48 Å². The molecule has 1 aromatic heterocycles. The predicted octanol–water partition coefficient (Wildman–Crippen LogP) is 0.236. The first kappa shape index (κ1) is 13.9. The average Bonchev–Trinajstić information content (AvgIpc) is 2.61. The molecule has 0 aliphatic carbocycles. The summed E-state index contributed by atoms with van der Waals surface area (Å²) in [7, 11) is 1.87. The Bertz CT molecular complexity index is 469. The number of hydrogen-bond donors (Lipinski definition) is 1. The van der Waals surface area contributed by atoms with Crippen molar-refractivity contribution in [2.24, 2.45) is 7.05 Å². The third-order valence-electron chi connectivity index (χ3n) is 3.60. The zero-order valence-electron chi connectivity index (χ0n) is 12.1. The van der Waals surface area contributed by atoms with Gasteiger partial charge in [0.15, 0.2) is 12.4 Å². The van der Waals surface area contributed by atoms with E-state index in [1.165, 1.54) is 0 Å². The first-order chi connectivity index (χ1) is 9.00. The van der Waals surface area contributed by atoms with Crippen LogP contribution >= 0.6 is 0 Å². The lowest BCUT2D eigenvalue weighted by molar-refractivity contribution is -0.136. The maximum atomic E-state index is 12.2. The molecule has 1 aliphatic rings. The van der Waals surface area contributed by atoms with Gasteiger partial charge in [-0.1, -0.05) is 0 Å². The Kier molecular flexibility index (Phi) is 4.09. The summed E-state index contributed by atoms with van der Waals surface area (Å²) in [6.07, 6.45) is 0. The highest BCUT2D eigenvalue weighted by Crippen LogP contribution is 2.21. The second-order valence-electron chi connectivity index (χ2n) is 5.05. The number of aryl methyl sites for hydroxylation is 2. The lowest BCUT2D eigenvalue weighted by atomic mass is 10.2. The first-order valence-corrected chi connectivity index (χ1v) is 6.64. The monoisotopic (exact) mass is 266 g/mol. The van der Waals surface area contributed by atoms with Crippen molar-refractivity contribution < 1.29 is 9.53 Å². The van der Waals surface area contributed by atoms with E-state index in [0.717, 1.165) is 36.8 Å². The Morgan fingerprint density at radius 3 is 2.84 bits per heavy atom. The summed E-state index contributed by atoms with van der Waals surface area (Å²) >= 11 is 0. The highest BCUT2D eigenvalue weighted by Gasteiger charge is 2.23. The number of carbonyl (C=O) groups is 1. The minimum atomic E-state index is 0.0386. The van der Waals surface area contributed by atoms with E-state index in [4.69, 9.17) is 4.74 Å². The molecule has 2 rings (SSSR count). The summed E-state index contributed by atoms with van der Waals surface area (Å²) < 4.78 is 7.42. The number of carbonyl (C=O) groups excluding carboxylic acids is 1. The molecule has 1 aromatic rings. The van der Waals surface area contributed by atoms with Crippen LogP contribution in [0, 0.1) is 13.8 Å². The number of nitrogens with one attached hydrogen (secondary N) is 1. The Hall–Kier alpha value is -1.56. The van der Waals surface area contributed by atoms with Gasteiger partial charge in [0.25, 0.3) is 5.91 Å². The van der Waals surface area contributed by atoms with Gasteiger partial charge >= 0.3 is 0 Å². The third kappa shape index (κ3) is 2.89. The molecule has 1 amide bonds. The summed E-state index contributed by atoms with van der Waals surface area (Å²) in [5.74, 6) is 0.760. The van der Waals surface area contributed by atoms with Crippen LogP contribution in [0.1, 0.15) is 18.3 Å². The maximum Gasteiger partial charge on any atom is 0.260 e. The second-order valence-corrected chi connectivity index (χ2v) is 5.05. The van der Waals surface area contributed by atoms with Crippen LogP contribution in [0.25, 0.3) is 0 Å². The van der Waals surface area contributed by atoms with Crippen molar-refractivity contribution in [2.45, 2.75) is 26.8 Å². The molecule has 1 atom stereocenters. The molecule has 0 bridgehead atoms. The highest BCUT2D eigenvalue weighted by molar-refractivity contribution is 5.78. The van der Waals surface area contributed by atoms with Crippen LogP contribution in [0.15, 0.2) is 0 Å². The van der Waals surface area contributed by atoms with Crippen LogP contribution in [0.2, 0.25) is 0 Å². The van der Waals surface area contributed by atoms with Gasteiger partial charge in [0.2, 0.25) is 0 Å². The van der Waals surface area contributed by atoms with E-state index in [9.17, 15) is 4.79 Å². The molecule has 106 valence electrons. The van der Waals surface area contributed by atoms with Crippen molar-refractivity contribution in [3.63, 3.8) is 0 Å². The van der Waals surface area contributed by atoms with Gasteiger partial charge in [-0.25, -0.2) is 0 Å². The third-order valence-corrected chi connectivity index (χ3v) is 3.60. The number of rotatable bonds is 3. The first-order valence-electron chi connectivity index (χ1n) is 6.64. The fourth-order valence-electron chi connectivity index (χ4n) is 2.39. The van der Waals surface area contributed by atoms with Crippen molar-refractivity contribution in [2.75, 3.05) is 26.2 Å². The highest BCUT2D eigenvalue weighted by atomic mass is 16.5.